The number of hydrogen-bond acceptors (Lipinski definition) is 4. The van der Waals surface area contributed by atoms with Gasteiger partial charge in [0.1, 0.15) is 0 Å². The summed E-state index contributed by atoms with van der Waals surface area (Å²) in [5, 5.41) is 10.3. The Kier molecular flexibility index (Phi) is 4.23. The molecule has 1 aliphatic carbocycles. The lowest BCUT2D eigenvalue weighted by Crippen LogP contribution is -2.44. The molecule has 0 bridgehead atoms. The molecular weight excluding hydrogens is 314 g/mol. The highest BCUT2D eigenvalue weighted by Crippen LogP contribution is 2.45. The third-order valence-corrected chi connectivity index (χ3v) is 6.13. The minimum Gasteiger partial charge on any atom is -0.390 e. The molecule has 3 rings (SSSR count). The fraction of sp³-hybridized carbons (Fsp3) is 0.588. The zero-order chi connectivity index (χ0) is 16.7. The Hall–Kier alpha value is -1.40. The van der Waals surface area contributed by atoms with Crippen LogP contribution in [-0.2, 0) is 21.1 Å². The first-order valence-electron chi connectivity index (χ1n) is 8.07. The number of amides is 1. The van der Waals surface area contributed by atoms with Crippen molar-refractivity contribution in [2.45, 2.75) is 42.6 Å². The van der Waals surface area contributed by atoms with Crippen LogP contribution in [0.2, 0.25) is 0 Å². The number of likely N-dealkylation sites (tertiary alicyclic amines) is 1. The Morgan fingerprint density at radius 3 is 2.52 bits per heavy atom. The SMILES string of the molecule is CS(=O)(=O)c1ccc(CC(=O)N2CCCC(C3(O)CC3)C2)cc1. The molecule has 1 unspecified atom stereocenters. The standard InChI is InChI=1S/C17H23NO4S/c1-23(21,22)15-6-4-13(5-7-15)11-16(19)18-10-2-3-14(12-18)17(20)8-9-17/h4-7,14,20H,2-3,8-12H2,1H3. The molecule has 2 fully saturated rings. The van der Waals surface area contributed by atoms with Gasteiger partial charge in [0.25, 0.3) is 0 Å². The maximum absolute atomic E-state index is 12.5. The molecule has 1 aliphatic heterocycles. The highest BCUT2D eigenvalue weighted by Gasteiger charge is 2.48. The molecule has 1 saturated heterocycles. The fourth-order valence-corrected chi connectivity index (χ4v) is 3.95. The number of sulfone groups is 1. The zero-order valence-corrected chi connectivity index (χ0v) is 14.2. The van der Waals surface area contributed by atoms with Gasteiger partial charge in [-0.1, -0.05) is 12.1 Å². The van der Waals surface area contributed by atoms with Crippen LogP contribution in [0.4, 0.5) is 0 Å². The number of hydrogen-bond donors (Lipinski definition) is 1. The molecule has 6 heteroatoms. The van der Waals surface area contributed by atoms with Crippen molar-refractivity contribution >= 4 is 15.7 Å². The quantitative estimate of drug-likeness (QED) is 0.901. The van der Waals surface area contributed by atoms with E-state index in [4.69, 9.17) is 0 Å². The van der Waals surface area contributed by atoms with Crippen LogP contribution in [0.3, 0.4) is 0 Å². The van der Waals surface area contributed by atoms with Crippen LogP contribution in [0.5, 0.6) is 0 Å². The summed E-state index contributed by atoms with van der Waals surface area (Å²) < 4.78 is 22.9. The third kappa shape index (κ3) is 3.75. The van der Waals surface area contributed by atoms with Crippen LogP contribution in [0.25, 0.3) is 0 Å². The van der Waals surface area contributed by atoms with Crippen LogP contribution in [0.1, 0.15) is 31.2 Å². The molecule has 1 heterocycles. The minimum atomic E-state index is -3.21. The number of nitrogens with zero attached hydrogens (tertiary/aromatic N) is 1. The first-order valence-corrected chi connectivity index (χ1v) is 9.96. The number of aliphatic hydroxyl groups is 1. The average molecular weight is 337 g/mol. The largest absolute Gasteiger partial charge is 0.390 e. The van der Waals surface area contributed by atoms with Gasteiger partial charge in [-0.05, 0) is 43.4 Å². The van der Waals surface area contributed by atoms with Gasteiger partial charge < -0.3 is 10.0 Å². The van der Waals surface area contributed by atoms with Crippen molar-refractivity contribution in [3.05, 3.63) is 29.8 Å². The van der Waals surface area contributed by atoms with Crippen molar-refractivity contribution in [2.24, 2.45) is 5.92 Å². The van der Waals surface area contributed by atoms with Crippen LogP contribution < -0.4 is 0 Å². The summed E-state index contributed by atoms with van der Waals surface area (Å²) in [6.45, 7) is 1.38. The predicted octanol–water partition coefficient (Wildman–Crippen LogP) is 1.40. The lowest BCUT2D eigenvalue weighted by Gasteiger charge is -2.35. The van der Waals surface area contributed by atoms with Gasteiger partial charge in [0.2, 0.25) is 5.91 Å². The van der Waals surface area contributed by atoms with Crippen LogP contribution in [0.15, 0.2) is 29.2 Å². The normalized spacial score (nSPS) is 23.6. The maximum atomic E-state index is 12.5. The van der Waals surface area contributed by atoms with E-state index in [0.29, 0.717) is 6.54 Å². The van der Waals surface area contributed by atoms with E-state index in [0.717, 1.165) is 37.8 Å². The van der Waals surface area contributed by atoms with Gasteiger partial charge in [-0.2, -0.15) is 0 Å². The van der Waals surface area contributed by atoms with E-state index in [1.807, 2.05) is 4.90 Å². The number of piperidine rings is 1. The van der Waals surface area contributed by atoms with Crippen LogP contribution >= 0.6 is 0 Å². The maximum Gasteiger partial charge on any atom is 0.227 e. The molecule has 126 valence electrons. The molecule has 1 N–H and O–H groups in total. The molecule has 5 nitrogen and oxygen atoms in total. The molecule has 1 aromatic carbocycles. The van der Waals surface area contributed by atoms with Crippen molar-refractivity contribution < 1.29 is 18.3 Å². The smallest absolute Gasteiger partial charge is 0.227 e. The van der Waals surface area contributed by atoms with Gasteiger partial charge in [-0.15, -0.1) is 0 Å². The summed E-state index contributed by atoms with van der Waals surface area (Å²) >= 11 is 0. The molecule has 1 aromatic rings. The molecule has 0 aromatic heterocycles. The number of carbonyl (C=O) groups is 1. The van der Waals surface area contributed by atoms with E-state index in [1.54, 1.807) is 24.3 Å². The Labute approximate surface area is 137 Å². The zero-order valence-electron chi connectivity index (χ0n) is 13.4. The van der Waals surface area contributed by atoms with Crippen molar-refractivity contribution in [2.75, 3.05) is 19.3 Å². The molecule has 2 aliphatic rings. The van der Waals surface area contributed by atoms with Crippen molar-refractivity contribution in [1.82, 2.24) is 4.90 Å². The Morgan fingerprint density at radius 1 is 1.30 bits per heavy atom. The third-order valence-electron chi connectivity index (χ3n) is 5.00. The summed E-state index contributed by atoms with van der Waals surface area (Å²) in [4.78, 5) is 14.6. The van der Waals surface area contributed by atoms with E-state index in [1.165, 1.54) is 6.26 Å². The van der Waals surface area contributed by atoms with Crippen molar-refractivity contribution in [1.29, 1.82) is 0 Å². The predicted molar refractivity (Wildman–Crippen MR) is 86.7 cm³/mol. The topological polar surface area (TPSA) is 74.7 Å². The molecule has 23 heavy (non-hydrogen) atoms. The fourth-order valence-electron chi connectivity index (χ4n) is 3.32. The second-order valence-electron chi connectivity index (χ2n) is 6.88. The summed E-state index contributed by atoms with van der Waals surface area (Å²) in [5.74, 6) is 0.249. The molecular formula is C17H23NO4S. The Bertz CT molecular complexity index is 692. The van der Waals surface area contributed by atoms with Crippen molar-refractivity contribution in [3.63, 3.8) is 0 Å². The van der Waals surface area contributed by atoms with Gasteiger partial charge in [-0.25, -0.2) is 8.42 Å². The van der Waals surface area contributed by atoms with Gasteiger partial charge >= 0.3 is 0 Å². The van der Waals surface area contributed by atoms with E-state index < -0.39 is 15.4 Å². The summed E-state index contributed by atoms with van der Waals surface area (Å²) in [6, 6.07) is 6.49. The first-order chi connectivity index (χ1) is 10.8. The Balaban J connectivity index is 1.62. The van der Waals surface area contributed by atoms with Gasteiger partial charge in [0.05, 0.1) is 16.9 Å². The van der Waals surface area contributed by atoms with Crippen LogP contribution in [-0.4, -0.2) is 49.3 Å². The number of benzene rings is 1. The van der Waals surface area contributed by atoms with Gasteiger partial charge in [-0.3, -0.25) is 4.79 Å². The minimum absolute atomic E-state index is 0.0473. The van der Waals surface area contributed by atoms with E-state index in [2.05, 4.69) is 0 Å². The highest BCUT2D eigenvalue weighted by atomic mass is 32.2. The van der Waals surface area contributed by atoms with E-state index >= 15 is 0 Å². The number of rotatable bonds is 4. The molecule has 1 atom stereocenters. The van der Waals surface area contributed by atoms with E-state index in [9.17, 15) is 18.3 Å². The first kappa shape index (κ1) is 16.5. The average Bonchev–Trinajstić information content (AvgIpc) is 3.26. The molecule has 0 spiro atoms. The monoisotopic (exact) mass is 337 g/mol. The lowest BCUT2D eigenvalue weighted by atomic mass is 9.90. The summed E-state index contributed by atoms with van der Waals surface area (Å²) in [7, 11) is -3.21. The lowest BCUT2D eigenvalue weighted by molar-refractivity contribution is -0.133. The molecule has 1 amide bonds. The van der Waals surface area contributed by atoms with Crippen LogP contribution in [0, 0.1) is 5.92 Å². The summed E-state index contributed by atoms with van der Waals surface area (Å²) in [6.07, 6.45) is 5.08. The van der Waals surface area contributed by atoms with Crippen molar-refractivity contribution in [3.8, 4) is 0 Å². The second kappa shape index (κ2) is 5.91. The summed E-state index contributed by atoms with van der Waals surface area (Å²) in [5.41, 5.74) is 0.283. The number of carbonyl (C=O) groups excluding carboxylic acids is 1. The van der Waals surface area contributed by atoms with E-state index in [-0.39, 0.29) is 23.1 Å². The second-order valence-corrected chi connectivity index (χ2v) is 8.89. The van der Waals surface area contributed by atoms with Gasteiger partial charge in [0.15, 0.2) is 9.84 Å². The Morgan fingerprint density at radius 2 is 1.96 bits per heavy atom. The molecule has 1 saturated carbocycles. The molecule has 0 radical (unpaired) electrons. The van der Waals surface area contributed by atoms with Gasteiger partial charge in [0, 0.05) is 25.3 Å². The highest BCUT2D eigenvalue weighted by molar-refractivity contribution is 7.90.